The fourth-order valence-electron chi connectivity index (χ4n) is 3.36. The van der Waals surface area contributed by atoms with Crippen molar-refractivity contribution in [3.05, 3.63) is 70.1 Å². The molecule has 0 aromatic heterocycles. The van der Waals surface area contributed by atoms with Gasteiger partial charge in [0, 0.05) is 12.6 Å². The molecule has 0 radical (unpaired) electrons. The van der Waals surface area contributed by atoms with Gasteiger partial charge in [0.25, 0.3) is 11.8 Å². The molecule has 0 aliphatic carbocycles. The first-order chi connectivity index (χ1) is 15.7. The first-order valence-electron chi connectivity index (χ1n) is 9.89. The molecule has 33 heavy (non-hydrogen) atoms. The van der Waals surface area contributed by atoms with Crippen molar-refractivity contribution >= 4 is 58.0 Å². The predicted molar refractivity (Wildman–Crippen MR) is 126 cm³/mol. The van der Waals surface area contributed by atoms with Crippen LogP contribution in [0.5, 0.6) is 5.75 Å². The number of fused-ring (bicyclic) bond motifs is 1. The van der Waals surface area contributed by atoms with Crippen LogP contribution in [0, 0.1) is 0 Å². The molecular formula is C23H17F3N2O3S2. The van der Waals surface area contributed by atoms with Gasteiger partial charge in [0.1, 0.15) is 10.1 Å². The van der Waals surface area contributed by atoms with E-state index in [0.717, 1.165) is 23.9 Å². The number of benzene rings is 2. The second kappa shape index (κ2) is 9.40. The molecular weight excluding hydrogens is 473 g/mol. The summed E-state index contributed by atoms with van der Waals surface area (Å²) in [4.78, 5) is 26.9. The molecule has 1 N–H and O–H groups in total. The van der Waals surface area contributed by atoms with Crippen LogP contribution in [0.2, 0.25) is 0 Å². The molecule has 2 aromatic carbocycles. The molecule has 0 unspecified atom stereocenters. The topological polar surface area (TPSA) is 58.6 Å². The number of hydrogen-bond donors (Lipinski definition) is 1. The highest BCUT2D eigenvalue weighted by Gasteiger charge is 2.30. The van der Waals surface area contributed by atoms with Gasteiger partial charge in [0.15, 0.2) is 0 Å². The summed E-state index contributed by atoms with van der Waals surface area (Å²) in [5, 5.41) is 2.55. The maximum absolute atomic E-state index is 13.0. The SMILES string of the molecule is O=C1NC(=S)SC1=Cc1ccc2c(c1)N(C(=O)C=Cc1cccc(C(F)(F)F)c1)CCCO2. The van der Waals surface area contributed by atoms with Crippen molar-refractivity contribution in [2.45, 2.75) is 12.6 Å². The Labute approximate surface area is 197 Å². The van der Waals surface area contributed by atoms with Crippen LogP contribution in [-0.2, 0) is 15.8 Å². The number of alkyl halides is 3. The van der Waals surface area contributed by atoms with Gasteiger partial charge in [-0.1, -0.05) is 42.2 Å². The third-order valence-corrected chi connectivity index (χ3v) is 6.06. The van der Waals surface area contributed by atoms with E-state index in [2.05, 4.69) is 5.32 Å². The number of amides is 2. The largest absolute Gasteiger partial charge is 0.491 e. The Bertz CT molecular complexity index is 1190. The van der Waals surface area contributed by atoms with E-state index in [-0.39, 0.29) is 11.5 Å². The average Bonchev–Trinajstić information content (AvgIpc) is 2.96. The van der Waals surface area contributed by atoms with Crippen molar-refractivity contribution in [2.75, 3.05) is 18.1 Å². The van der Waals surface area contributed by atoms with Crippen molar-refractivity contribution in [1.29, 1.82) is 0 Å². The van der Waals surface area contributed by atoms with Gasteiger partial charge in [-0.25, -0.2) is 0 Å². The summed E-state index contributed by atoms with van der Waals surface area (Å²) < 4.78 is 45.0. The molecule has 1 fully saturated rings. The van der Waals surface area contributed by atoms with Crippen LogP contribution < -0.4 is 15.0 Å². The molecule has 4 rings (SSSR count). The van der Waals surface area contributed by atoms with Crippen molar-refractivity contribution < 1.29 is 27.5 Å². The second-order valence-corrected chi connectivity index (χ2v) is 8.95. The summed E-state index contributed by atoms with van der Waals surface area (Å²) in [5.74, 6) is -0.166. The minimum Gasteiger partial charge on any atom is -0.491 e. The number of hydrogen-bond acceptors (Lipinski definition) is 5. The Morgan fingerprint density at radius 1 is 1.18 bits per heavy atom. The Kier molecular flexibility index (Phi) is 6.57. The van der Waals surface area contributed by atoms with Gasteiger partial charge >= 0.3 is 6.18 Å². The number of thiocarbonyl (C=S) groups is 1. The van der Waals surface area contributed by atoms with Gasteiger partial charge in [0.2, 0.25) is 0 Å². The van der Waals surface area contributed by atoms with E-state index >= 15 is 0 Å². The van der Waals surface area contributed by atoms with Crippen LogP contribution in [0.1, 0.15) is 23.1 Å². The number of nitrogens with one attached hydrogen (secondary N) is 1. The predicted octanol–water partition coefficient (Wildman–Crippen LogP) is 5.02. The molecule has 0 bridgehead atoms. The highest BCUT2D eigenvalue weighted by atomic mass is 32.2. The normalized spacial score (nSPS) is 17.7. The Hall–Kier alpha value is -3.11. The number of rotatable bonds is 3. The minimum atomic E-state index is -4.46. The van der Waals surface area contributed by atoms with Gasteiger partial charge < -0.3 is 15.0 Å². The molecule has 1 saturated heterocycles. The number of anilines is 1. The van der Waals surface area contributed by atoms with E-state index in [9.17, 15) is 22.8 Å². The molecule has 0 atom stereocenters. The van der Waals surface area contributed by atoms with E-state index in [0.29, 0.717) is 45.8 Å². The van der Waals surface area contributed by atoms with Gasteiger partial charge in [-0.3, -0.25) is 9.59 Å². The smallest absolute Gasteiger partial charge is 0.416 e. The molecule has 0 saturated carbocycles. The lowest BCUT2D eigenvalue weighted by Crippen LogP contribution is -2.29. The van der Waals surface area contributed by atoms with Crippen LogP contribution >= 0.6 is 24.0 Å². The Balaban J connectivity index is 1.61. The van der Waals surface area contributed by atoms with Crippen LogP contribution in [0.3, 0.4) is 0 Å². The van der Waals surface area contributed by atoms with Gasteiger partial charge in [-0.05, 0) is 54.0 Å². The number of nitrogens with zero attached hydrogens (tertiary/aromatic N) is 1. The van der Waals surface area contributed by atoms with E-state index < -0.39 is 17.6 Å². The summed E-state index contributed by atoms with van der Waals surface area (Å²) in [6, 6.07) is 9.99. The van der Waals surface area contributed by atoms with Crippen LogP contribution in [0.25, 0.3) is 12.2 Å². The standard InChI is InChI=1S/C23H17F3N2O3S2/c24-23(25,26)16-4-1-3-14(11-16)6-8-20(29)28-9-2-10-31-18-7-5-15(12-17(18)28)13-19-21(30)27-22(32)33-19/h1,3-8,11-13H,2,9-10H2,(H,27,30,32). The maximum atomic E-state index is 13.0. The lowest BCUT2D eigenvalue weighted by Gasteiger charge is -2.20. The van der Waals surface area contributed by atoms with E-state index in [4.69, 9.17) is 17.0 Å². The molecule has 2 aliphatic rings. The number of ether oxygens (including phenoxy) is 1. The summed E-state index contributed by atoms with van der Waals surface area (Å²) in [5.41, 5.74) is 0.688. The Morgan fingerprint density at radius 3 is 2.73 bits per heavy atom. The van der Waals surface area contributed by atoms with Gasteiger partial charge in [-0.15, -0.1) is 0 Å². The molecule has 2 heterocycles. The van der Waals surface area contributed by atoms with Crippen LogP contribution in [0.4, 0.5) is 18.9 Å². The lowest BCUT2D eigenvalue weighted by molar-refractivity contribution is -0.137. The molecule has 5 nitrogen and oxygen atoms in total. The monoisotopic (exact) mass is 490 g/mol. The summed E-state index contributed by atoms with van der Waals surface area (Å²) >= 11 is 6.16. The number of carbonyl (C=O) groups excluding carboxylic acids is 2. The third-order valence-electron chi connectivity index (χ3n) is 4.90. The van der Waals surface area contributed by atoms with E-state index in [1.54, 1.807) is 24.3 Å². The Morgan fingerprint density at radius 2 is 2.00 bits per heavy atom. The molecule has 10 heteroatoms. The zero-order chi connectivity index (χ0) is 23.6. The maximum Gasteiger partial charge on any atom is 0.416 e. The van der Waals surface area contributed by atoms with Crippen molar-refractivity contribution in [1.82, 2.24) is 5.32 Å². The fourth-order valence-corrected chi connectivity index (χ4v) is 4.40. The highest BCUT2D eigenvalue weighted by Crippen LogP contribution is 2.35. The molecule has 0 spiro atoms. The van der Waals surface area contributed by atoms with Crippen molar-refractivity contribution in [2.24, 2.45) is 0 Å². The van der Waals surface area contributed by atoms with E-state index in [1.165, 1.54) is 29.2 Å². The molecule has 2 amide bonds. The summed E-state index contributed by atoms with van der Waals surface area (Å²) in [7, 11) is 0. The third kappa shape index (κ3) is 5.45. The number of thioether (sulfide) groups is 1. The quantitative estimate of drug-likeness (QED) is 0.484. The fraction of sp³-hybridized carbons (Fsp3) is 0.174. The molecule has 2 aromatic rings. The van der Waals surface area contributed by atoms with E-state index in [1.807, 2.05) is 0 Å². The number of halogens is 3. The first-order valence-corrected chi connectivity index (χ1v) is 11.1. The van der Waals surface area contributed by atoms with Crippen LogP contribution in [-0.4, -0.2) is 29.3 Å². The van der Waals surface area contributed by atoms with Gasteiger partial charge in [0.05, 0.1) is 22.8 Å². The molecule has 2 aliphatic heterocycles. The summed E-state index contributed by atoms with van der Waals surface area (Å²) in [6.07, 6.45) is 0.397. The first kappa shape index (κ1) is 23.1. The zero-order valence-corrected chi connectivity index (χ0v) is 18.7. The lowest BCUT2D eigenvalue weighted by atomic mass is 10.1. The zero-order valence-electron chi connectivity index (χ0n) is 17.0. The average molecular weight is 491 g/mol. The highest BCUT2D eigenvalue weighted by molar-refractivity contribution is 8.26. The number of carbonyl (C=O) groups is 2. The van der Waals surface area contributed by atoms with Crippen molar-refractivity contribution in [3.63, 3.8) is 0 Å². The van der Waals surface area contributed by atoms with Gasteiger partial charge in [-0.2, -0.15) is 13.2 Å². The van der Waals surface area contributed by atoms with Crippen molar-refractivity contribution in [3.8, 4) is 5.75 Å². The second-order valence-electron chi connectivity index (χ2n) is 7.23. The van der Waals surface area contributed by atoms with Crippen LogP contribution in [0.15, 0.2) is 53.4 Å². The minimum absolute atomic E-state index is 0.267. The summed E-state index contributed by atoms with van der Waals surface area (Å²) in [6.45, 7) is 0.791. The molecule has 170 valence electrons.